The lowest BCUT2D eigenvalue weighted by molar-refractivity contribution is 0.261. The van der Waals surface area contributed by atoms with E-state index in [1.165, 1.54) is 32.1 Å². The summed E-state index contributed by atoms with van der Waals surface area (Å²) in [6, 6.07) is 9.01. The van der Waals surface area contributed by atoms with Gasteiger partial charge in [-0.2, -0.15) is 0 Å². The van der Waals surface area contributed by atoms with Crippen LogP contribution in [-0.4, -0.2) is 12.2 Å². The van der Waals surface area contributed by atoms with E-state index >= 15 is 0 Å². The third-order valence-electron chi connectivity index (χ3n) is 3.17. The fourth-order valence-corrected chi connectivity index (χ4v) is 3.36. The Balaban J connectivity index is 2.20. The lowest BCUT2D eigenvalue weighted by Gasteiger charge is -2.17. The van der Waals surface area contributed by atoms with E-state index in [0.717, 1.165) is 12.8 Å². The molecule has 1 atom stereocenters. The molecule has 0 aliphatic carbocycles. The van der Waals surface area contributed by atoms with Gasteiger partial charge in [-0.25, -0.2) is 4.57 Å². The van der Waals surface area contributed by atoms with E-state index < -0.39 is 7.60 Å². The highest BCUT2D eigenvalue weighted by Gasteiger charge is 2.24. The van der Waals surface area contributed by atoms with Crippen LogP contribution in [0.2, 0.25) is 0 Å². The van der Waals surface area contributed by atoms with Crippen LogP contribution in [-0.2, 0) is 9.09 Å². The van der Waals surface area contributed by atoms with Gasteiger partial charge in [0.2, 0.25) is 0 Å². The number of para-hydroxylation sites is 1. The van der Waals surface area contributed by atoms with Crippen LogP contribution in [0.1, 0.15) is 51.9 Å². The van der Waals surface area contributed by atoms with Crippen molar-refractivity contribution >= 4 is 19.2 Å². The molecule has 0 aliphatic rings. The molecule has 0 N–H and O–H groups in total. The predicted molar refractivity (Wildman–Crippen MR) is 89.3 cm³/mol. The number of benzene rings is 1. The molecule has 0 bridgehead atoms. The Labute approximate surface area is 133 Å². The molecule has 0 saturated heterocycles. The first-order valence-electron chi connectivity index (χ1n) is 7.74. The predicted octanol–water partition coefficient (Wildman–Crippen LogP) is 6.22. The molecular weight excluding hydrogens is 307 g/mol. The molecule has 0 saturated carbocycles. The monoisotopic (exact) mass is 332 g/mol. The van der Waals surface area contributed by atoms with Crippen LogP contribution in [0, 0.1) is 0 Å². The first-order chi connectivity index (χ1) is 10.2. The Kier molecular flexibility index (Phi) is 9.82. The second-order valence-corrected chi connectivity index (χ2v) is 7.71. The van der Waals surface area contributed by atoms with E-state index in [2.05, 4.69) is 6.92 Å². The maximum absolute atomic E-state index is 12.3. The summed E-state index contributed by atoms with van der Waals surface area (Å²) in [5, 5.41) is 0. The Morgan fingerprint density at radius 1 is 1.00 bits per heavy atom. The van der Waals surface area contributed by atoms with Crippen molar-refractivity contribution in [1.29, 1.82) is 0 Å². The number of hydrogen-bond donors (Lipinski definition) is 0. The summed E-state index contributed by atoms with van der Waals surface area (Å²) < 4.78 is 23.2. The molecule has 0 spiro atoms. The SMILES string of the molecule is CCCCCCCCCO[P@@](=O)(CCl)Oc1ccccc1. The zero-order valence-corrected chi connectivity index (χ0v) is 14.5. The van der Waals surface area contributed by atoms with Gasteiger partial charge in [0.05, 0.1) is 6.61 Å². The second kappa shape index (κ2) is 11.1. The highest BCUT2D eigenvalue weighted by Crippen LogP contribution is 2.49. The molecule has 0 aromatic heterocycles. The van der Waals surface area contributed by atoms with Gasteiger partial charge in [0.15, 0.2) is 0 Å². The van der Waals surface area contributed by atoms with Crippen LogP contribution >= 0.6 is 19.2 Å². The van der Waals surface area contributed by atoms with Gasteiger partial charge in [0, 0.05) is 0 Å². The average Bonchev–Trinajstić information content (AvgIpc) is 2.51. The molecule has 1 aromatic carbocycles. The van der Waals surface area contributed by atoms with E-state index in [1.807, 2.05) is 18.2 Å². The van der Waals surface area contributed by atoms with Crippen molar-refractivity contribution in [3.63, 3.8) is 0 Å². The minimum Gasteiger partial charge on any atom is -0.424 e. The maximum atomic E-state index is 12.3. The third-order valence-corrected chi connectivity index (χ3v) is 5.41. The van der Waals surface area contributed by atoms with Gasteiger partial charge >= 0.3 is 7.60 Å². The second-order valence-electron chi connectivity index (χ2n) is 5.09. The largest absolute Gasteiger partial charge is 0.424 e. The zero-order chi connectivity index (χ0) is 15.4. The molecule has 21 heavy (non-hydrogen) atoms. The van der Waals surface area contributed by atoms with Crippen molar-refractivity contribution in [2.24, 2.45) is 0 Å². The molecule has 5 heteroatoms. The van der Waals surface area contributed by atoms with Crippen LogP contribution in [0.3, 0.4) is 0 Å². The van der Waals surface area contributed by atoms with Gasteiger partial charge in [0.25, 0.3) is 0 Å². The highest BCUT2D eigenvalue weighted by molar-refractivity contribution is 7.56. The van der Waals surface area contributed by atoms with Crippen LogP contribution in [0.5, 0.6) is 5.75 Å². The molecule has 0 heterocycles. The summed E-state index contributed by atoms with van der Waals surface area (Å²) in [6.07, 6.45) is 8.33. The molecule has 0 radical (unpaired) electrons. The summed E-state index contributed by atoms with van der Waals surface area (Å²) in [4.78, 5) is 0. The van der Waals surface area contributed by atoms with E-state index in [4.69, 9.17) is 20.6 Å². The Morgan fingerprint density at radius 2 is 1.62 bits per heavy atom. The summed E-state index contributed by atoms with van der Waals surface area (Å²) in [5.41, 5.74) is -0.127. The molecule has 0 amide bonds. The van der Waals surface area contributed by atoms with E-state index in [1.54, 1.807) is 12.1 Å². The van der Waals surface area contributed by atoms with Crippen molar-refractivity contribution < 1.29 is 13.6 Å². The fourth-order valence-electron chi connectivity index (χ4n) is 1.99. The lowest BCUT2D eigenvalue weighted by atomic mass is 10.1. The van der Waals surface area contributed by atoms with Crippen LogP contribution in [0.15, 0.2) is 30.3 Å². The van der Waals surface area contributed by atoms with E-state index in [-0.39, 0.29) is 5.62 Å². The van der Waals surface area contributed by atoms with Gasteiger partial charge in [0.1, 0.15) is 11.4 Å². The normalized spacial score (nSPS) is 13.8. The fraction of sp³-hybridized carbons (Fsp3) is 0.625. The van der Waals surface area contributed by atoms with Gasteiger partial charge in [-0.1, -0.05) is 63.6 Å². The first-order valence-corrected chi connectivity index (χ1v) is 10.0. The standard InChI is InChI=1S/C16H26ClO3P/c1-2-3-4-5-6-7-11-14-19-21(18,15-17)20-16-12-9-8-10-13-16/h8-10,12-13H,2-7,11,14-15H2,1H3/t21-/m0/s1. The number of unbranched alkanes of at least 4 members (excludes halogenated alkanes) is 6. The van der Waals surface area contributed by atoms with E-state index in [9.17, 15) is 4.57 Å². The molecule has 1 aromatic rings. The van der Waals surface area contributed by atoms with Crippen molar-refractivity contribution in [2.45, 2.75) is 51.9 Å². The molecule has 0 fully saturated rings. The third kappa shape index (κ3) is 8.50. The average molecular weight is 333 g/mol. The topological polar surface area (TPSA) is 35.5 Å². The zero-order valence-electron chi connectivity index (χ0n) is 12.8. The van der Waals surface area contributed by atoms with Crippen molar-refractivity contribution in [1.82, 2.24) is 0 Å². The summed E-state index contributed by atoms with van der Waals surface area (Å²) in [5.74, 6) is 0.529. The summed E-state index contributed by atoms with van der Waals surface area (Å²) in [6.45, 7) is 2.65. The van der Waals surface area contributed by atoms with Gasteiger partial charge in [-0.15, -0.1) is 11.6 Å². The molecule has 120 valence electrons. The lowest BCUT2D eigenvalue weighted by Crippen LogP contribution is -2.01. The Morgan fingerprint density at radius 3 is 2.24 bits per heavy atom. The highest BCUT2D eigenvalue weighted by atomic mass is 35.5. The van der Waals surface area contributed by atoms with Gasteiger partial charge < -0.3 is 4.52 Å². The molecule has 1 rings (SSSR count). The van der Waals surface area contributed by atoms with Gasteiger partial charge in [-0.3, -0.25) is 4.52 Å². The van der Waals surface area contributed by atoms with Crippen molar-refractivity contribution in [2.75, 3.05) is 12.2 Å². The summed E-state index contributed by atoms with van der Waals surface area (Å²) >= 11 is 5.74. The molecule has 0 aliphatic heterocycles. The van der Waals surface area contributed by atoms with Crippen LogP contribution < -0.4 is 4.52 Å². The van der Waals surface area contributed by atoms with Crippen molar-refractivity contribution in [3.8, 4) is 5.75 Å². The maximum Gasteiger partial charge on any atom is 0.393 e. The Bertz CT molecular complexity index is 411. The number of halogens is 1. The van der Waals surface area contributed by atoms with Crippen LogP contribution in [0.25, 0.3) is 0 Å². The molecular formula is C16H26ClO3P. The number of rotatable bonds is 12. The molecule has 0 unspecified atom stereocenters. The summed E-state index contributed by atoms with van der Waals surface area (Å²) in [7, 11) is -3.22. The number of alkyl halides is 1. The minimum atomic E-state index is -3.22. The van der Waals surface area contributed by atoms with E-state index in [0.29, 0.717) is 12.4 Å². The number of hydrogen-bond acceptors (Lipinski definition) is 3. The molecule has 3 nitrogen and oxygen atoms in total. The Hall–Kier alpha value is -0.500. The quantitative estimate of drug-likeness (QED) is 0.259. The van der Waals surface area contributed by atoms with Gasteiger partial charge in [-0.05, 0) is 18.6 Å². The van der Waals surface area contributed by atoms with Crippen molar-refractivity contribution in [3.05, 3.63) is 30.3 Å². The first kappa shape index (κ1) is 18.5. The van der Waals surface area contributed by atoms with Crippen LogP contribution in [0.4, 0.5) is 0 Å². The smallest absolute Gasteiger partial charge is 0.393 e. The minimum absolute atomic E-state index is 0.127.